The number of rotatable bonds is 41. The number of aliphatic hydroxyl groups is 1. The predicted molar refractivity (Wildman–Crippen MR) is 230 cm³/mol. The van der Waals surface area contributed by atoms with Crippen molar-refractivity contribution in [2.45, 2.75) is 239 Å². The van der Waals surface area contributed by atoms with E-state index < -0.39 is 0 Å². The fraction of sp³-hybridized carbons (Fsp3) is 0.958. The summed E-state index contributed by atoms with van der Waals surface area (Å²) in [5, 5.41) is 9.33. The number of ether oxygens (including phenoxy) is 2. The van der Waals surface area contributed by atoms with Crippen molar-refractivity contribution in [1.29, 1.82) is 0 Å². The van der Waals surface area contributed by atoms with Crippen LogP contribution in [-0.2, 0) is 19.1 Å². The highest BCUT2D eigenvalue weighted by atomic mass is 16.5. The van der Waals surface area contributed by atoms with E-state index >= 15 is 0 Å². The van der Waals surface area contributed by atoms with Gasteiger partial charge in [0.15, 0.2) is 0 Å². The smallest absolute Gasteiger partial charge is 0.308 e. The molecule has 1 fully saturated rings. The Labute approximate surface area is 336 Å². The molecule has 1 aliphatic rings. The van der Waals surface area contributed by atoms with Crippen LogP contribution in [0, 0.1) is 17.8 Å². The zero-order chi connectivity index (χ0) is 39.2. The fourth-order valence-corrected chi connectivity index (χ4v) is 8.47. The normalized spacial score (nSPS) is 14.5. The second-order valence-electron chi connectivity index (χ2n) is 17.2. The number of unbranched alkanes of at least 4 members (excludes halogenated alkanes) is 20. The standard InChI is InChI=1S/C48H93NO5/c1-4-7-10-13-15-22-35-45(34-21-12-9-6-3)47(51)53-41-30-19-17-26-37-49(39-28-29-40-50)38-27-18-20-31-42-54-48(52)46(43-44-32-24-25-33-44)36-23-16-14-11-8-5-2/h44-46,50H,4-43H2,1-3H3. The molecular formula is C48H93NO5. The van der Waals surface area contributed by atoms with Crippen molar-refractivity contribution >= 4 is 11.9 Å². The van der Waals surface area contributed by atoms with Gasteiger partial charge in [-0.2, -0.15) is 0 Å². The van der Waals surface area contributed by atoms with Gasteiger partial charge in [0.25, 0.3) is 0 Å². The maximum atomic E-state index is 13.1. The van der Waals surface area contributed by atoms with Gasteiger partial charge >= 0.3 is 11.9 Å². The zero-order valence-electron chi connectivity index (χ0n) is 36.5. The zero-order valence-corrected chi connectivity index (χ0v) is 36.5. The Morgan fingerprint density at radius 2 is 0.870 bits per heavy atom. The van der Waals surface area contributed by atoms with Gasteiger partial charge in [-0.25, -0.2) is 0 Å². The van der Waals surface area contributed by atoms with Gasteiger partial charge in [0.2, 0.25) is 0 Å². The van der Waals surface area contributed by atoms with Gasteiger partial charge in [0, 0.05) is 6.61 Å². The summed E-state index contributed by atoms with van der Waals surface area (Å²) < 4.78 is 11.7. The van der Waals surface area contributed by atoms with E-state index in [1.165, 1.54) is 135 Å². The molecule has 0 heterocycles. The average molecular weight is 764 g/mol. The highest BCUT2D eigenvalue weighted by molar-refractivity contribution is 5.72. The highest BCUT2D eigenvalue weighted by Crippen LogP contribution is 2.33. The summed E-state index contributed by atoms with van der Waals surface area (Å²) in [6.07, 6.45) is 40.2. The van der Waals surface area contributed by atoms with E-state index in [1.54, 1.807) is 0 Å². The second kappa shape index (κ2) is 38.7. The largest absolute Gasteiger partial charge is 0.465 e. The van der Waals surface area contributed by atoms with E-state index in [2.05, 4.69) is 25.7 Å². The van der Waals surface area contributed by atoms with Crippen LogP contribution in [0.15, 0.2) is 0 Å². The molecule has 0 aromatic carbocycles. The van der Waals surface area contributed by atoms with E-state index in [0.29, 0.717) is 13.2 Å². The molecule has 6 nitrogen and oxygen atoms in total. The maximum absolute atomic E-state index is 13.1. The fourth-order valence-electron chi connectivity index (χ4n) is 8.47. The molecule has 1 N–H and O–H groups in total. The average Bonchev–Trinajstić information content (AvgIpc) is 3.70. The summed E-state index contributed by atoms with van der Waals surface area (Å²) in [4.78, 5) is 28.6. The Bertz CT molecular complexity index is 815. The van der Waals surface area contributed by atoms with Crippen LogP contribution < -0.4 is 0 Å². The first-order chi connectivity index (χ1) is 26.5. The van der Waals surface area contributed by atoms with Crippen LogP contribution in [0.4, 0.5) is 0 Å². The summed E-state index contributed by atoms with van der Waals surface area (Å²) >= 11 is 0. The molecule has 0 bridgehead atoms. The SMILES string of the molecule is CCCCCCCCC(CCCCCC)C(=O)OCCCCCCN(CCCCO)CCCCCCOC(=O)C(CCCCCCCC)CC1CCCC1. The molecule has 1 rings (SSSR count). The minimum Gasteiger partial charge on any atom is -0.465 e. The van der Waals surface area contributed by atoms with Crippen molar-refractivity contribution in [1.82, 2.24) is 4.90 Å². The molecule has 0 radical (unpaired) electrons. The van der Waals surface area contributed by atoms with Gasteiger partial charge in [-0.15, -0.1) is 0 Å². The lowest BCUT2D eigenvalue weighted by Crippen LogP contribution is -2.27. The summed E-state index contributed by atoms with van der Waals surface area (Å²) in [6, 6.07) is 0. The van der Waals surface area contributed by atoms with Crippen LogP contribution in [0.25, 0.3) is 0 Å². The Hall–Kier alpha value is -1.14. The number of esters is 2. The molecule has 0 aromatic rings. The molecule has 0 aromatic heterocycles. The van der Waals surface area contributed by atoms with Crippen LogP contribution in [0.3, 0.4) is 0 Å². The Kier molecular flexibility index (Phi) is 36.5. The molecule has 2 unspecified atom stereocenters. The molecule has 320 valence electrons. The van der Waals surface area contributed by atoms with E-state index in [0.717, 1.165) is 109 Å². The van der Waals surface area contributed by atoms with E-state index in [1.807, 2.05) is 0 Å². The number of hydrogen-bond acceptors (Lipinski definition) is 6. The van der Waals surface area contributed by atoms with Crippen LogP contribution >= 0.6 is 0 Å². The molecular weight excluding hydrogens is 671 g/mol. The third kappa shape index (κ3) is 30.1. The summed E-state index contributed by atoms with van der Waals surface area (Å²) in [5.41, 5.74) is 0. The second-order valence-corrected chi connectivity index (χ2v) is 17.2. The van der Waals surface area contributed by atoms with E-state index in [4.69, 9.17) is 9.47 Å². The Morgan fingerprint density at radius 1 is 0.500 bits per heavy atom. The molecule has 1 saturated carbocycles. The molecule has 2 atom stereocenters. The van der Waals surface area contributed by atoms with E-state index in [-0.39, 0.29) is 30.4 Å². The molecule has 0 spiro atoms. The van der Waals surface area contributed by atoms with Gasteiger partial charge in [0.1, 0.15) is 0 Å². The molecule has 6 heteroatoms. The van der Waals surface area contributed by atoms with Crippen molar-refractivity contribution in [2.75, 3.05) is 39.5 Å². The van der Waals surface area contributed by atoms with Crippen LogP contribution in [-0.4, -0.2) is 61.4 Å². The lowest BCUT2D eigenvalue weighted by molar-refractivity contribution is -0.150. The van der Waals surface area contributed by atoms with Gasteiger partial charge in [-0.1, -0.05) is 175 Å². The van der Waals surface area contributed by atoms with E-state index in [9.17, 15) is 14.7 Å². The van der Waals surface area contributed by atoms with Crippen molar-refractivity contribution in [3.63, 3.8) is 0 Å². The molecule has 0 aliphatic heterocycles. The minimum absolute atomic E-state index is 0.0558. The highest BCUT2D eigenvalue weighted by Gasteiger charge is 2.26. The lowest BCUT2D eigenvalue weighted by Gasteiger charge is -2.22. The number of aliphatic hydroxyl groups excluding tert-OH is 1. The third-order valence-corrected chi connectivity index (χ3v) is 12.1. The monoisotopic (exact) mass is 764 g/mol. The Morgan fingerprint density at radius 3 is 1.35 bits per heavy atom. The van der Waals surface area contributed by atoms with Gasteiger partial charge in [0.05, 0.1) is 25.0 Å². The predicted octanol–water partition coefficient (Wildman–Crippen LogP) is 13.6. The number of carbonyl (C=O) groups excluding carboxylic acids is 2. The van der Waals surface area contributed by atoms with Crippen LogP contribution in [0.1, 0.15) is 239 Å². The summed E-state index contributed by atoms with van der Waals surface area (Å²) in [7, 11) is 0. The quantitative estimate of drug-likeness (QED) is 0.0494. The summed E-state index contributed by atoms with van der Waals surface area (Å²) in [5.74, 6) is 1.07. The van der Waals surface area contributed by atoms with Gasteiger partial charge in [-0.05, 0) is 89.8 Å². The summed E-state index contributed by atoms with van der Waals surface area (Å²) in [6.45, 7) is 11.4. The maximum Gasteiger partial charge on any atom is 0.308 e. The number of carbonyl (C=O) groups is 2. The molecule has 0 saturated heterocycles. The minimum atomic E-state index is 0.0558. The van der Waals surface area contributed by atoms with Crippen LogP contribution in [0.5, 0.6) is 0 Å². The van der Waals surface area contributed by atoms with Gasteiger partial charge < -0.3 is 19.5 Å². The topological polar surface area (TPSA) is 76.1 Å². The molecule has 0 amide bonds. The van der Waals surface area contributed by atoms with Crippen molar-refractivity contribution < 1.29 is 24.2 Å². The Balaban J connectivity index is 2.28. The lowest BCUT2D eigenvalue weighted by atomic mass is 9.89. The first-order valence-corrected chi connectivity index (χ1v) is 24.2. The molecule has 54 heavy (non-hydrogen) atoms. The van der Waals surface area contributed by atoms with Crippen molar-refractivity contribution in [3.05, 3.63) is 0 Å². The number of nitrogens with zero attached hydrogens (tertiary/aromatic N) is 1. The third-order valence-electron chi connectivity index (χ3n) is 12.1. The van der Waals surface area contributed by atoms with Crippen LogP contribution in [0.2, 0.25) is 0 Å². The molecule has 1 aliphatic carbocycles. The first-order valence-electron chi connectivity index (χ1n) is 24.2. The van der Waals surface area contributed by atoms with Crippen molar-refractivity contribution in [2.24, 2.45) is 17.8 Å². The first kappa shape index (κ1) is 50.9. The number of hydrogen-bond donors (Lipinski definition) is 1. The van der Waals surface area contributed by atoms with Gasteiger partial charge in [-0.3, -0.25) is 9.59 Å². The van der Waals surface area contributed by atoms with Crippen molar-refractivity contribution in [3.8, 4) is 0 Å².